The summed E-state index contributed by atoms with van der Waals surface area (Å²) >= 11 is 0. The van der Waals surface area contributed by atoms with Gasteiger partial charge in [-0.1, -0.05) is 48.5 Å². The zero-order valence-electron chi connectivity index (χ0n) is 14.0. The summed E-state index contributed by atoms with van der Waals surface area (Å²) in [7, 11) is 0. The van der Waals surface area contributed by atoms with Gasteiger partial charge in [0.25, 0.3) is 5.69 Å². The Bertz CT molecular complexity index is 779. The second kappa shape index (κ2) is 9.28. The molecule has 0 radical (unpaired) electrons. The molecule has 0 aliphatic carbocycles. The molecule has 0 spiro atoms. The normalized spacial score (nSPS) is 11.5. The Labute approximate surface area is 150 Å². The number of rotatable bonds is 9. The van der Waals surface area contributed by atoms with Crippen molar-refractivity contribution < 1.29 is 19.2 Å². The number of hydrogen-bond acceptors (Lipinski definition) is 5. The summed E-state index contributed by atoms with van der Waals surface area (Å²) in [5.74, 6) is -1.30. The molecular weight excluding hydrogens is 338 g/mol. The smallest absolute Gasteiger partial charge is 0.272 e. The molecule has 0 aliphatic rings. The Hall–Kier alpha value is -3.26. The molecule has 0 saturated carbocycles. The molecule has 26 heavy (non-hydrogen) atoms. The molecule has 0 aromatic heterocycles. The van der Waals surface area contributed by atoms with E-state index in [2.05, 4.69) is 5.32 Å². The van der Waals surface area contributed by atoms with Crippen molar-refractivity contribution in [3.05, 3.63) is 75.8 Å². The maximum absolute atomic E-state index is 12.0. The number of carbonyl (C=O) groups excluding carboxylic acids is 2. The van der Waals surface area contributed by atoms with Gasteiger partial charge in [0.2, 0.25) is 11.8 Å². The first kappa shape index (κ1) is 19.1. The Morgan fingerprint density at radius 2 is 1.77 bits per heavy atom. The minimum atomic E-state index is -1.07. The lowest BCUT2D eigenvalue weighted by atomic mass is 10.0. The van der Waals surface area contributed by atoms with E-state index in [9.17, 15) is 19.7 Å². The molecule has 0 aliphatic heterocycles. The first-order chi connectivity index (χ1) is 12.5. The summed E-state index contributed by atoms with van der Waals surface area (Å²) in [5.41, 5.74) is 6.40. The number of hydrogen-bond donors (Lipinski definition) is 2. The maximum Gasteiger partial charge on any atom is 0.272 e. The molecule has 0 bridgehead atoms. The third-order valence-electron chi connectivity index (χ3n) is 3.64. The average Bonchev–Trinajstić information content (AvgIpc) is 2.62. The van der Waals surface area contributed by atoms with E-state index >= 15 is 0 Å². The second-order valence-electron chi connectivity index (χ2n) is 5.59. The molecule has 8 nitrogen and oxygen atoms in total. The summed E-state index contributed by atoms with van der Waals surface area (Å²) in [6, 6.07) is 14.2. The third kappa shape index (κ3) is 5.67. The quantitative estimate of drug-likeness (QED) is 0.517. The molecule has 2 rings (SSSR count). The highest BCUT2D eigenvalue weighted by molar-refractivity contribution is 5.87. The number of nitrogens with one attached hydrogen (secondary N) is 1. The van der Waals surface area contributed by atoms with Crippen LogP contribution in [-0.4, -0.2) is 29.4 Å². The molecule has 0 saturated heterocycles. The van der Waals surface area contributed by atoms with Gasteiger partial charge in [-0.25, -0.2) is 0 Å². The van der Waals surface area contributed by atoms with E-state index in [1.54, 1.807) is 6.07 Å². The topological polar surface area (TPSA) is 125 Å². The van der Waals surface area contributed by atoms with Crippen LogP contribution in [0, 0.1) is 10.1 Å². The fraction of sp³-hybridized carbons (Fsp3) is 0.222. The number of para-hydroxylation sites is 1. The number of ether oxygens (including phenoxy) is 1. The number of benzene rings is 2. The van der Waals surface area contributed by atoms with Crippen molar-refractivity contribution in [2.45, 2.75) is 19.1 Å². The predicted molar refractivity (Wildman–Crippen MR) is 94.0 cm³/mol. The van der Waals surface area contributed by atoms with Crippen LogP contribution in [0.4, 0.5) is 5.69 Å². The number of amides is 2. The highest BCUT2D eigenvalue weighted by Gasteiger charge is 2.23. The van der Waals surface area contributed by atoms with E-state index in [-0.39, 0.29) is 25.3 Å². The van der Waals surface area contributed by atoms with Gasteiger partial charge in [-0.05, 0) is 5.56 Å². The lowest BCUT2D eigenvalue weighted by molar-refractivity contribution is -0.385. The Kier molecular flexibility index (Phi) is 6.81. The maximum atomic E-state index is 12.0. The van der Waals surface area contributed by atoms with E-state index in [4.69, 9.17) is 10.5 Å². The second-order valence-corrected chi connectivity index (χ2v) is 5.59. The van der Waals surface area contributed by atoms with Crippen molar-refractivity contribution in [2.24, 2.45) is 5.73 Å². The van der Waals surface area contributed by atoms with Crippen LogP contribution in [0.5, 0.6) is 0 Å². The summed E-state index contributed by atoms with van der Waals surface area (Å²) in [6.45, 7) is -0.00475. The number of carbonyl (C=O) groups is 2. The van der Waals surface area contributed by atoms with Gasteiger partial charge in [0.15, 0.2) is 0 Å². The monoisotopic (exact) mass is 357 g/mol. The molecule has 0 unspecified atom stereocenters. The number of nitrogens with zero attached hydrogens (tertiary/aromatic N) is 1. The number of nitrogens with two attached hydrogens (primary N) is 1. The van der Waals surface area contributed by atoms with Gasteiger partial charge >= 0.3 is 0 Å². The minimum Gasteiger partial charge on any atom is -0.368 e. The van der Waals surface area contributed by atoms with Crippen molar-refractivity contribution in [3.63, 3.8) is 0 Å². The largest absolute Gasteiger partial charge is 0.368 e. The van der Waals surface area contributed by atoms with Crippen LogP contribution in [0.25, 0.3) is 0 Å². The average molecular weight is 357 g/mol. The summed E-state index contributed by atoms with van der Waals surface area (Å²) in [4.78, 5) is 34.1. The van der Waals surface area contributed by atoms with Gasteiger partial charge in [-0.15, -0.1) is 0 Å². The first-order valence-corrected chi connectivity index (χ1v) is 7.90. The molecule has 2 aromatic rings. The lowest BCUT2D eigenvalue weighted by Gasteiger charge is -2.15. The zero-order chi connectivity index (χ0) is 18.9. The number of nitro groups is 1. The fourth-order valence-corrected chi connectivity index (χ4v) is 2.38. The van der Waals surface area contributed by atoms with Crippen LogP contribution >= 0.6 is 0 Å². The number of primary amides is 1. The van der Waals surface area contributed by atoms with Crippen molar-refractivity contribution >= 4 is 17.5 Å². The first-order valence-electron chi connectivity index (χ1n) is 7.90. The highest BCUT2D eigenvalue weighted by Crippen LogP contribution is 2.19. The van der Waals surface area contributed by atoms with Crippen LogP contribution in [0.15, 0.2) is 54.6 Å². The van der Waals surface area contributed by atoms with Crippen LogP contribution in [-0.2, 0) is 27.4 Å². The van der Waals surface area contributed by atoms with Gasteiger partial charge in [-0.3, -0.25) is 19.7 Å². The van der Waals surface area contributed by atoms with Crippen LogP contribution < -0.4 is 11.1 Å². The van der Waals surface area contributed by atoms with Crippen molar-refractivity contribution in [1.82, 2.24) is 5.32 Å². The Balaban J connectivity index is 1.92. The third-order valence-corrected chi connectivity index (χ3v) is 3.64. The lowest BCUT2D eigenvalue weighted by Crippen LogP contribution is -2.47. The molecule has 3 N–H and O–H groups in total. The van der Waals surface area contributed by atoms with Gasteiger partial charge in [0.1, 0.15) is 12.6 Å². The van der Waals surface area contributed by atoms with Crippen molar-refractivity contribution in [2.75, 3.05) is 6.61 Å². The number of nitro benzene ring substituents is 1. The molecule has 136 valence electrons. The van der Waals surface area contributed by atoms with Gasteiger partial charge < -0.3 is 15.8 Å². The highest BCUT2D eigenvalue weighted by atomic mass is 16.6. The zero-order valence-corrected chi connectivity index (χ0v) is 14.0. The Morgan fingerprint density at radius 3 is 2.42 bits per heavy atom. The van der Waals surface area contributed by atoms with Crippen LogP contribution in [0.1, 0.15) is 11.1 Å². The van der Waals surface area contributed by atoms with Crippen LogP contribution in [0.3, 0.4) is 0 Å². The van der Waals surface area contributed by atoms with Gasteiger partial charge in [-0.2, -0.15) is 0 Å². The summed E-state index contributed by atoms with van der Waals surface area (Å²) < 4.78 is 5.30. The predicted octanol–water partition coefficient (Wildman–Crippen LogP) is 1.32. The molecule has 1 atom stereocenters. The van der Waals surface area contributed by atoms with E-state index in [1.165, 1.54) is 18.2 Å². The molecule has 2 aromatic carbocycles. The summed E-state index contributed by atoms with van der Waals surface area (Å²) in [6.07, 6.45) is -0.0725. The van der Waals surface area contributed by atoms with Crippen molar-refractivity contribution in [1.29, 1.82) is 0 Å². The molecule has 2 amide bonds. The van der Waals surface area contributed by atoms with Gasteiger partial charge in [0.05, 0.1) is 11.5 Å². The van der Waals surface area contributed by atoms with Gasteiger partial charge in [0, 0.05) is 18.1 Å². The molecule has 8 heteroatoms. The molecule has 0 heterocycles. The summed E-state index contributed by atoms with van der Waals surface area (Å²) in [5, 5.41) is 13.5. The fourth-order valence-electron chi connectivity index (χ4n) is 2.38. The van der Waals surface area contributed by atoms with E-state index < -0.39 is 22.8 Å². The van der Waals surface area contributed by atoms with E-state index in [0.717, 1.165) is 5.56 Å². The van der Waals surface area contributed by atoms with Crippen LogP contribution in [0.2, 0.25) is 0 Å². The SMILES string of the molecule is NC(=O)[C@@H](Cc1ccccc1[N+](=O)[O-])NC(=O)COCc1ccccc1. The Morgan fingerprint density at radius 1 is 1.12 bits per heavy atom. The van der Waals surface area contributed by atoms with E-state index in [1.807, 2.05) is 30.3 Å². The molecular formula is C18H19N3O5. The standard InChI is InChI=1S/C18H19N3O5/c19-18(23)15(10-14-8-4-5-9-16(14)21(24)25)20-17(22)12-26-11-13-6-2-1-3-7-13/h1-9,15H,10-12H2,(H2,19,23)(H,20,22)/t15-/m1/s1. The van der Waals surface area contributed by atoms with Crippen molar-refractivity contribution in [3.8, 4) is 0 Å². The minimum absolute atomic E-state index is 0.0725. The molecule has 0 fully saturated rings. The van der Waals surface area contributed by atoms with E-state index in [0.29, 0.717) is 5.56 Å².